The van der Waals surface area contributed by atoms with E-state index in [4.69, 9.17) is 0 Å². The van der Waals surface area contributed by atoms with Crippen LogP contribution in [0.1, 0.15) is 23.9 Å². The number of halogens is 1. The van der Waals surface area contributed by atoms with Crippen molar-refractivity contribution in [2.24, 2.45) is 0 Å². The van der Waals surface area contributed by atoms with Gasteiger partial charge in [-0.2, -0.15) is 0 Å². The molecular weight excluding hydrogens is 266 g/mol. The Balaban J connectivity index is 2.46. The van der Waals surface area contributed by atoms with Gasteiger partial charge in [0.1, 0.15) is 10.0 Å². The number of nitrogens with one attached hydrogen (secondary N) is 1. The lowest BCUT2D eigenvalue weighted by Gasteiger charge is -2.14. The minimum atomic E-state index is -0.535. The molecule has 0 radical (unpaired) electrons. The predicted octanol–water partition coefficient (Wildman–Crippen LogP) is 1.64. The predicted molar refractivity (Wildman–Crippen MR) is 59.5 cm³/mol. The zero-order valence-electron chi connectivity index (χ0n) is 8.30. The quantitative estimate of drug-likeness (QED) is 0.855. The van der Waals surface area contributed by atoms with Crippen molar-refractivity contribution < 1.29 is 4.79 Å². The number of carbonyl (C=O) groups excluding carboxylic acids is 1. The van der Waals surface area contributed by atoms with Crippen molar-refractivity contribution in [1.29, 1.82) is 0 Å². The zero-order valence-corrected chi connectivity index (χ0v) is 10.7. The highest BCUT2D eigenvalue weighted by Gasteiger charge is 2.23. The van der Waals surface area contributed by atoms with E-state index < -0.39 is 4.32 Å². The van der Waals surface area contributed by atoms with Gasteiger partial charge in [0.25, 0.3) is 0 Å². The van der Waals surface area contributed by atoms with E-state index >= 15 is 0 Å². The summed E-state index contributed by atoms with van der Waals surface area (Å²) in [4.78, 5) is 11.4. The van der Waals surface area contributed by atoms with E-state index in [2.05, 4.69) is 31.4 Å². The number of rotatable bonds is 3. The molecule has 4 nitrogen and oxygen atoms in total. The minimum Gasteiger partial charge on any atom is -0.348 e. The molecule has 78 valence electrons. The molecule has 0 fully saturated rings. The average Bonchev–Trinajstić information content (AvgIpc) is 2.45. The minimum absolute atomic E-state index is 0.0506. The van der Waals surface area contributed by atoms with E-state index in [0.717, 1.165) is 10.0 Å². The van der Waals surface area contributed by atoms with Crippen LogP contribution in [0.3, 0.4) is 0 Å². The molecule has 1 N–H and O–H groups in total. The average molecular weight is 278 g/mol. The van der Waals surface area contributed by atoms with Crippen molar-refractivity contribution in [3.63, 3.8) is 0 Å². The van der Waals surface area contributed by atoms with Gasteiger partial charge in [-0.05, 0) is 20.8 Å². The lowest BCUT2D eigenvalue weighted by molar-refractivity contribution is -0.122. The van der Waals surface area contributed by atoms with Gasteiger partial charge in [0.15, 0.2) is 0 Å². The van der Waals surface area contributed by atoms with E-state index in [-0.39, 0.29) is 5.91 Å². The van der Waals surface area contributed by atoms with Gasteiger partial charge in [-0.3, -0.25) is 4.79 Å². The third-order valence-corrected chi connectivity index (χ3v) is 2.71. The van der Waals surface area contributed by atoms with Gasteiger partial charge < -0.3 is 5.32 Å². The van der Waals surface area contributed by atoms with Crippen molar-refractivity contribution in [1.82, 2.24) is 15.5 Å². The first kappa shape index (κ1) is 11.6. The van der Waals surface area contributed by atoms with Gasteiger partial charge in [-0.25, -0.2) is 0 Å². The number of amides is 1. The lowest BCUT2D eigenvalue weighted by atomic mass is 10.2. The summed E-state index contributed by atoms with van der Waals surface area (Å²) in [7, 11) is 0. The maximum absolute atomic E-state index is 11.4. The molecule has 6 heteroatoms. The molecular formula is C8H12BrN3OS. The largest absolute Gasteiger partial charge is 0.348 e. The fourth-order valence-corrected chi connectivity index (χ4v) is 1.56. The number of alkyl halides is 1. The van der Waals surface area contributed by atoms with Crippen LogP contribution in [-0.4, -0.2) is 20.4 Å². The van der Waals surface area contributed by atoms with Crippen molar-refractivity contribution in [2.45, 2.75) is 31.6 Å². The Hall–Kier alpha value is -0.490. The molecule has 0 aliphatic rings. The number of hydrogen-bond donors (Lipinski definition) is 1. The number of aryl methyl sites for hydroxylation is 1. The van der Waals surface area contributed by atoms with E-state index in [9.17, 15) is 4.79 Å². The highest BCUT2D eigenvalue weighted by molar-refractivity contribution is 9.10. The van der Waals surface area contributed by atoms with E-state index in [1.165, 1.54) is 11.3 Å². The summed E-state index contributed by atoms with van der Waals surface area (Å²) in [5.74, 6) is -0.0506. The Morgan fingerprint density at radius 1 is 1.57 bits per heavy atom. The number of aromatic nitrogens is 2. The molecule has 1 amide bonds. The monoisotopic (exact) mass is 277 g/mol. The Kier molecular flexibility index (Phi) is 3.60. The Bertz CT molecular complexity index is 332. The van der Waals surface area contributed by atoms with Gasteiger partial charge in [-0.1, -0.05) is 27.3 Å². The normalized spacial score (nSPS) is 11.4. The van der Waals surface area contributed by atoms with E-state index in [0.29, 0.717) is 6.54 Å². The second kappa shape index (κ2) is 4.35. The summed E-state index contributed by atoms with van der Waals surface area (Å²) in [6.07, 6.45) is 0. The molecule has 0 aliphatic carbocycles. The SMILES string of the molecule is Cc1nnc(CNC(=O)C(C)(C)Br)s1. The molecule has 0 atom stereocenters. The summed E-state index contributed by atoms with van der Waals surface area (Å²) in [5, 5.41) is 12.3. The van der Waals surface area contributed by atoms with E-state index in [1.807, 2.05) is 6.92 Å². The van der Waals surface area contributed by atoms with Crippen LogP contribution in [0.2, 0.25) is 0 Å². The first-order valence-corrected chi connectivity index (χ1v) is 5.77. The molecule has 1 aromatic heterocycles. The van der Waals surface area contributed by atoms with E-state index in [1.54, 1.807) is 13.8 Å². The maximum Gasteiger partial charge on any atom is 0.236 e. The Labute approximate surface area is 95.2 Å². The van der Waals surface area contributed by atoms with Crippen LogP contribution >= 0.6 is 27.3 Å². The highest BCUT2D eigenvalue weighted by atomic mass is 79.9. The van der Waals surface area contributed by atoms with Crippen molar-refractivity contribution >= 4 is 33.2 Å². The summed E-state index contributed by atoms with van der Waals surface area (Å²) < 4.78 is -0.535. The van der Waals surface area contributed by atoms with Crippen LogP contribution in [0, 0.1) is 6.92 Å². The van der Waals surface area contributed by atoms with Crippen LogP contribution in [0.25, 0.3) is 0 Å². The number of hydrogen-bond acceptors (Lipinski definition) is 4. The van der Waals surface area contributed by atoms with Crippen LogP contribution in [0.5, 0.6) is 0 Å². The fourth-order valence-electron chi connectivity index (χ4n) is 0.775. The number of nitrogens with zero attached hydrogens (tertiary/aromatic N) is 2. The molecule has 1 heterocycles. The van der Waals surface area contributed by atoms with Crippen LogP contribution < -0.4 is 5.32 Å². The second-order valence-electron chi connectivity index (χ2n) is 3.37. The van der Waals surface area contributed by atoms with Crippen LogP contribution in [0.15, 0.2) is 0 Å². The third kappa shape index (κ3) is 3.34. The number of carbonyl (C=O) groups is 1. The maximum atomic E-state index is 11.4. The van der Waals surface area contributed by atoms with Gasteiger partial charge in [0.05, 0.1) is 10.9 Å². The van der Waals surface area contributed by atoms with Crippen molar-refractivity contribution in [3.8, 4) is 0 Å². The first-order valence-electron chi connectivity index (χ1n) is 4.16. The third-order valence-electron chi connectivity index (χ3n) is 1.51. The summed E-state index contributed by atoms with van der Waals surface area (Å²) in [6.45, 7) is 5.93. The van der Waals surface area contributed by atoms with Gasteiger partial charge in [-0.15, -0.1) is 10.2 Å². The molecule has 0 saturated heterocycles. The molecule has 0 spiro atoms. The first-order chi connectivity index (χ1) is 6.39. The molecule has 0 unspecified atom stereocenters. The standard InChI is InChI=1S/C8H12BrN3OS/c1-5-11-12-6(14-5)4-10-7(13)8(2,3)9/h4H2,1-3H3,(H,10,13). The van der Waals surface area contributed by atoms with Crippen LogP contribution in [0.4, 0.5) is 0 Å². The fraction of sp³-hybridized carbons (Fsp3) is 0.625. The smallest absolute Gasteiger partial charge is 0.236 e. The Morgan fingerprint density at radius 2 is 2.21 bits per heavy atom. The molecule has 1 rings (SSSR count). The molecule has 0 aliphatic heterocycles. The summed E-state index contributed by atoms with van der Waals surface area (Å²) in [5.41, 5.74) is 0. The molecule has 0 bridgehead atoms. The lowest BCUT2D eigenvalue weighted by Crippen LogP contribution is -2.36. The summed E-state index contributed by atoms with van der Waals surface area (Å²) >= 11 is 4.77. The topological polar surface area (TPSA) is 54.9 Å². The Morgan fingerprint density at radius 3 is 2.64 bits per heavy atom. The zero-order chi connectivity index (χ0) is 10.8. The van der Waals surface area contributed by atoms with Gasteiger partial charge >= 0.3 is 0 Å². The molecule has 0 aromatic carbocycles. The van der Waals surface area contributed by atoms with Crippen molar-refractivity contribution in [2.75, 3.05) is 0 Å². The molecule has 14 heavy (non-hydrogen) atoms. The molecule has 1 aromatic rings. The van der Waals surface area contributed by atoms with Gasteiger partial charge in [0, 0.05) is 0 Å². The van der Waals surface area contributed by atoms with Crippen LogP contribution in [-0.2, 0) is 11.3 Å². The highest BCUT2D eigenvalue weighted by Crippen LogP contribution is 2.16. The second-order valence-corrected chi connectivity index (χ2v) is 6.62. The van der Waals surface area contributed by atoms with Crippen molar-refractivity contribution in [3.05, 3.63) is 10.0 Å². The summed E-state index contributed by atoms with van der Waals surface area (Å²) in [6, 6.07) is 0. The van der Waals surface area contributed by atoms with Gasteiger partial charge in [0.2, 0.25) is 5.91 Å². The molecule has 0 saturated carbocycles.